The van der Waals surface area contributed by atoms with Crippen molar-refractivity contribution in [3.8, 4) is 5.75 Å². The summed E-state index contributed by atoms with van der Waals surface area (Å²) in [5.74, 6) is 0.424. The molecule has 2 rings (SSSR count). The summed E-state index contributed by atoms with van der Waals surface area (Å²) in [5, 5.41) is 10.7. The summed E-state index contributed by atoms with van der Waals surface area (Å²) in [7, 11) is 0. The van der Waals surface area contributed by atoms with Gasteiger partial charge in [0, 0.05) is 18.5 Å². The predicted octanol–water partition coefficient (Wildman–Crippen LogP) is 1.68. The SMILES string of the molecule is O=Cc1cc(OCCn2ccnc2)ccc1[N+](=O)[O-]. The van der Waals surface area contributed by atoms with Crippen molar-refractivity contribution in [2.75, 3.05) is 6.61 Å². The van der Waals surface area contributed by atoms with Gasteiger partial charge in [-0.3, -0.25) is 14.9 Å². The van der Waals surface area contributed by atoms with Gasteiger partial charge in [0.15, 0.2) is 6.29 Å². The highest BCUT2D eigenvalue weighted by Crippen LogP contribution is 2.22. The number of carbonyl (C=O) groups is 1. The van der Waals surface area contributed by atoms with Crippen molar-refractivity contribution < 1.29 is 14.5 Å². The summed E-state index contributed by atoms with van der Waals surface area (Å²) in [4.78, 5) is 24.7. The van der Waals surface area contributed by atoms with Crippen LogP contribution in [-0.2, 0) is 6.54 Å². The molecule has 0 aliphatic heterocycles. The Balaban J connectivity index is 2.01. The van der Waals surface area contributed by atoms with Gasteiger partial charge in [0.1, 0.15) is 12.4 Å². The van der Waals surface area contributed by atoms with Crippen LogP contribution < -0.4 is 4.74 Å². The minimum absolute atomic E-state index is 0.00475. The molecule has 7 nitrogen and oxygen atoms in total. The van der Waals surface area contributed by atoms with Crippen molar-refractivity contribution in [2.45, 2.75) is 6.54 Å². The summed E-state index contributed by atoms with van der Waals surface area (Å²) in [6.07, 6.45) is 5.57. The lowest BCUT2D eigenvalue weighted by Gasteiger charge is -2.07. The number of rotatable bonds is 6. The molecule has 0 N–H and O–H groups in total. The fourth-order valence-electron chi connectivity index (χ4n) is 1.57. The van der Waals surface area contributed by atoms with Crippen molar-refractivity contribution in [3.63, 3.8) is 0 Å². The molecule has 0 radical (unpaired) electrons. The normalized spacial score (nSPS) is 10.1. The Bertz CT molecular complexity index is 581. The number of nitro benzene ring substituents is 1. The molecule has 0 aliphatic carbocycles. The fourth-order valence-corrected chi connectivity index (χ4v) is 1.57. The highest BCUT2D eigenvalue weighted by atomic mass is 16.6. The third-order valence-electron chi connectivity index (χ3n) is 2.50. The van der Waals surface area contributed by atoms with Gasteiger partial charge in [-0.1, -0.05) is 0 Å². The Morgan fingerprint density at radius 3 is 2.95 bits per heavy atom. The number of imidazole rings is 1. The van der Waals surface area contributed by atoms with Gasteiger partial charge in [0.25, 0.3) is 5.69 Å². The Labute approximate surface area is 108 Å². The zero-order valence-corrected chi connectivity index (χ0v) is 9.93. The average Bonchev–Trinajstić information content (AvgIpc) is 2.91. The maximum Gasteiger partial charge on any atom is 0.280 e. The summed E-state index contributed by atoms with van der Waals surface area (Å²) in [6.45, 7) is 0.986. The van der Waals surface area contributed by atoms with Crippen LogP contribution >= 0.6 is 0 Å². The monoisotopic (exact) mass is 261 g/mol. The van der Waals surface area contributed by atoms with Crippen LogP contribution in [0.5, 0.6) is 5.75 Å². The van der Waals surface area contributed by atoms with E-state index in [2.05, 4.69) is 4.98 Å². The maximum atomic E-state index is 10.8. The topological polar surface area (TPSA) is 87.3 Å². The molecular formula is C12H11N3O4. The number of aromatic nitrogens is 2. The van der Waals surface area contributed by atoms with Gasteiger partial charge in [-0.2, -0.15) is 0 Å². The molecule has 0 atom stereocenters. The van der Waals surface area contributed by atoms with Crippen molar-refractivity contribution >= 4 is 12.0 Å². The number of hydrogen-bond donors (Lipinski definition) is 0. The summed E-state index contributed by atoms with van der Waals surface area (Å²) >= 11 is 0. The molecule has 98 valence electrons. The Morgan fingerprint density at radius 2 is 2.32 bits per heavy atom. The van der Waals surface area contributed by atoms with Gasteiger partial charge in [-0.15, -0.1) is 0 Å². The fraction of sp³-hybridized carbons (Fsp3) is 0.167. The predicted molar refractivity (Wildman–Crippen MR) is 66.2 cm³/mol. The second-order valence-electron chi connectivity index (χ2n) is 3.74. The van der Waals surface area contributed by atoms with Gasteiger partial charge in [-0.05, 0) is 12.1 Å². The zero-order valence-electron chi connectivity index (χ0n) is 9.93. The van der Waals surface area contributed by atoms with E-state index >= 15 is 0 Å². The average molecular weight is 261 g/mol. The van der Waals surface area contributed by atoms with E-state index in [1.807, 2.05) is 4.57 Å². The van der Waals surface area contributed by atoms with Crippen LogP contribution in [-0.4, -0.2) is 27.4 Å². The first-order valence-corrected chi connectivity index (χ1v) is 5.53. The number of aldehydes is 1. The van der Waals surface area contributed by atoms with E-state index in [0.717, 1.165) is 0 Å². The molecule has 0 unspecified atom stereocenters. The number of ether oxygens (including phenoxy) is 1. The number of nitrogens with zero attached hydrogens (tertiary/aromatic N) is 3. The first kappa shape index (κ1) is 12.7. The van der Waals surface area contributed by atoms with Gasteiger partial charge in [0.05, 0.1) is 23.4 Å². The van der Waals surface area contributed by atoms with Crippen molar-refractivity contribution in [3.05, 3.63) is 52.6 Å². The second kappa shape index (κ2) is 5.76. The van der Waals surface area contributed by atoms with Crippen LogP contribution in [0, 0.1) is 10.1 Å². The molecule has 1 aromatic carbocycles. The maximum absolute atomic E-state index is 10.8. The first-order valence-electron chi connectivity index (χ1n) is 5.53. The van der Waals surface area contributed by atoms with Gasteiger partial charge in [0.2, 0.25) is 0 Å². The third-order valence-corrected chi connectivity index (χ3v) is 2.50. The molecule has 2 aromatic rings. The van der Waals surface area contributed by atoms with E-state index in [1.165, 1.54) is 18.2 Å². The molecule has 0 fully saturated rings. The number of benzene rings is 1. The minimum atomic E-state index is -0.598. The van der Waals surface area contributed by atoms with E-state index in [4.69, 9.17) is 4.74 Å². The molecule has 7 heteroatoms. The van der Waals surface area contributed by atoms with Crippen LogP contribution in [0.2, 0.25) is 0 Å². The lowest BCUT2D eigenvalue weighted by Crippen LogP contribution is -2.06. The molecule has 0 aliphatic rings. The minimum Gasteiger partial charge on any atom is -0.492 e. The van der Waals surface area contributed by atoms with Gasteiger partial charge >= 0.3 is 0 Å². The third kappa shape index (κ3) is 3.15. The van der Waals surface area contributed by atoms with Gasteiger partial charge in [-0.25, -0.2) is 4.98 Å². The molecular weight excluding hydrogens is 250 g/mol. The Hall–Kier alpha value is -2.70. The summed E-state index contributed by atoms with van der Waals surface area (Å²) in [6, 6.07) is 4.09. The molecule has 0 saturated heterocycles. The summed E-state index contributed by atoms with van der Waals surface area (Å²) < 4.78 is 7.27. The second-order valence-corrected chi connectivity index (χ2v) is 3.74. The van der Waals surface area contributed by atoms with Crippen LogP contribution in [0.1, 0.15) is 10.4 Å². The molecule has 0 amide bonds. The van der Waals surface area contributed by atoms with Crippen LogP contribution in [0.15, 0.2) is 36.9 Å². The van der Waals surface area contributed by atoms with Gasteiger partial charge < -0.3 is 9.30 Å². The van der Waals surface area contributed by atoms with E-state index in [9.17, 15) is 14.9 Å². The smallest absolute Gasteiger partial charge is 0.280 e. The van der Waals surface area contributed by atoms with E-state index in [-0.39, 0.29) is 11.3 Å². The number of hydrogen-bond acceptors (Lipinski definition) is 5. The molecule has 0 spiro atoms. The number of carbonyl (C=O) groups excluding carboxylic acids is 1. The highest BCUT2D eigenvalue weighted by Gasteiger charge is 2.13. The molecule has 0 saturated carbocycles. The highest BCUT2D eigenvalue weighted by molar-refractivity contribution is 5.82. The molecule has 1 aromatic heterocycles. The van der Waals surface area contributed by atoms with Crippen LogP contribution in [0.4, 0.5) is 5.69 Å². The largest absolute Gasteiger partial charge is 0.492 e. The standard InChI is InChI=1S/C12H11N3O4/c16-8-10-7-11(1-2-12(10)15(17)18)19-6-5-14-4-3-13-9-14/h1-4,7-9H,5-6H2. The first-order chi connectivity index (χ1) is 9.20. The van der Waals surface area contributed by atoms with Crippen LogP contribution in [0.3, 0.4) is 0 Å². The number of nitro groups is 1. The van der Waals surface area contributed by atoms with Crippen molar-refractivity contribution in [1.82, 2.24) is 9.55 Å². The van der Waals surface area contributed by atoms with Crippen LogP contribution in [0.25, 0.3) is 0 Å². The van der Waals surface area contributed by atoms with E-state index in [1.54, 1.807) is 18.7 Å². The van der Waals surface area contributed by atoms with Crippen molar-refractivity contribution in [1.29, 1.82) is 0 Å². The molecule has 0 bridgehead atoms. The van der Waals surface area contributed by atoms with E-state index < -0.39 is 4.92 Å². The van der Waals surface area contributed by atoms with Crippen molar-refractivity contribution in [2.24, 2.45) is 0 Å². The Morgan fingerprint density at radius 1 is 1.47 bits per heavy atom. The quantitative estimate of drug-likeness (QED) is 0.448. The Kier molecular flexibility index (Phi) is 3.87. The molecule has 19 heavy (non-hydrogen) atoms. The van der Waals surface area contributed by atoms with E-state index in [0.29, 0.717) is 25.2 Å². The lowest BCUT2D eigenvalue weighted by molar-refractivity contribution is -0.385. The summed E-state index contributed by atoms with van der Waals surface area (Å²) in [5.41, 5.74) is -0.220. The molecule has 1 heterocycles. The lowest BCUT2D eigenvalue weighted by atomic mass is 10.2. The zero-order chi connectivity index (χ0) is 13.7.